The molecule has 0 amide bonds. The predicted molar refractivity (Wildman–Crippen MR) is 70.3 cm³/mol. The third kappa shape index (κ3) is 4.15. The Labute approximate surface area is 111 Å². The van der Waals surface area contributed by atoms with Gasteiger partial charge in [-0.05, 0) is 38.5 Å². The minimum Gasteiger partial charge on any atom is -0.457 e. The quantitative estimate of drug-likeness (QED) is 0.606. The number of ether oxygens (including phenoxy) is 1. The van der Waals surface area contributed by atoms with Gasteiger partial charge in [-0.1, -0.05) is 30.3 Å². The van der Waals surface area contributed by atoms with E-state index in [-0.39, 0.29) is 5.57 Å². The number of halogens is 2. The van der Waals surface area contributed by atoms with Crippen LogP contribution in [0.25, 0.3) is 0 Å². The van der Waals surface area contributed by atoms with E-state index in [1.165, 1.54) is 6.07 Å². The van der Waals surface area contributed by atoms with Crippen LogP contribution in [-0.4, -0.2) is 11.6 Å². The van der Waals surface area contributed by atoms with Crippen molar-refractivity contribution in [3.8, 4) is 0 Å². The Morgan fingerprint density at radius 2 is 2.06 bits per heavy atom. The van der Waals surface area contributed by atoms with Crippen molar-refractivity contribution >= 4 is 17.6 Å². The minimum absolute atomic E-state index is 0.229. The molecule has 0 saturated heterocycles. The number of alkyl halides is 1. The largest absolute Gasteiger partial charge is 0.457 e. The maximum Gasteiger partial charge on any atom is 0.337 e. The molecule has 2 nitrogen and oxygen atoms in total. The number of rotatable bonds is 3. The van der Waals surface area contributed by atoms with Crippen LogP contribution in [0.2, 0.25) is 5.02 Å². The maximum absolute atomic E-state index is 14.1. The second-order valence-electron chi connectivity index (χ2n) is 4.94. The Balaban J connectivity index is 2.81. The van der Waals surface area contributed by atoms with Gasteiger partial charge in [-0.3, -0.25) is 0 Å². The molecule has 98 valence electrons. The fourth-order valence-electron chi connectivity index (χ4n) is 1.31. The van der Waals surface area contributed by atoms with Crippen molar-refractivity contribution in [2.24, 2.45) is 0 Å². The summed E-state index contributed by atoms with van der Waals surface area (Å²) in [6.07, 6.45) is -1.61. The summed E-state index contributed by atoms with van der Waals surface area (Å²) in [7, 11) is 0. The average molecular weight is 271 g/mol. The van der Waals surface area contributed by atoms with Crippen molar-refractivity contribution in [2.75, 3.05) is 0 Å². The van der Waals surface area contributed by atoms with Gasteiger partial charge in [0.1, 0.15) is 5.60 Å². The number of hydrogen-bond acceptors (Lipinski definition) is 2. The summed E-state index contributed by atoms with van der Waals surface area (Å²) in [5, 5.41) is 0.409. The molecule has 0 spiro atoms. The molecule has 18 heavy (non-hydrogen) atoms. The molecule has 1 unspecified atom stereocenters. The van der Waals surface area contributed by atoms with E-state index in [4.69, 9.17) is 16.3 Å². The summed E-state index contributed by atoms with van der Waals surface area (Å²) < 4.78 is 19.1. The van der Waals surface area contributed by atoms with Gasteiger partial charge in [0.25, 0.3) is 0 Å². The molecule has 1 aromatic rings. The number of esters is 1. The van der Waals surface area contributed by atoms with Crippen molar-refractivity contribution in [3.05, 3.63) is 47.0 Å². The van der Waals surface area contributed by atoms with E-state index >= 15 is 0 Å². The Morgan fingerprint density at radius 1 is 1.44 bits per heavy atom. The fraction of sp³-hybridized carbons (Fsp3) is 0.357. The van der Waals surface area contributed by atoms with E-state index in [1.54, 1.807) is 39.0 Å². The molecular formula is C14H16ClFO2. The topological polar surface area (TPSA) is 26.3 Å². The smallest absolute Gasteiger partial charge is 0.337 e. The monoisotopic (exact) mass is 270 g/mol. The van der Waals surface area contributed by atoms with Crippen molar-refractivity contribution in [3.63, 3.8) is 0 Å². The Hall–Kier alpha value is -1.35. The maximum atomic E-state index is 14.1. The average Bonchev–Trinajstić information content (AvgIpc) is 2.24. The van der Waals surface area contributed by atoms with E-state index in [0.717, 1.165) is 0 Å². The van der Waals surface area contributed by atoms with E-state index in [2.05, 4.69) is 6.58 Å². The first kappa shape index (κ1) is 14.7. The molecule has 0 saturated carbocycles. The van der Waals surface area contributed by atoms with Crippen molar-refractivity contribution < 1.29 is 13.9 Å². The van der Waals surface area contributed by atoms with Gasteiger partial charge in [0.2, 0.25) is 0 Å². The zero-order valence-electron chi connectivity index (χ0n) is 10.7. The zero-order valence-corrected chi connectivity index (χ0v) is 11.4. The van der Waals surface area contributed by atoms with Gasteiger partial charge in [0, 0.05) is 5.02 Å². The molecule has 0 aliphatic heterocycles. The summed E-state index contributed by atoms with van der Waals surface area (Å²) in [5.41, 5.74) is -0.612. The van der Waals surface area contributed by atoms with Gasteiger partial charge in [-0.2, -0.15) is 0 Å². The molecule has 0 heterocycles. The molecule has 0 radical (unpaired) electrons. The zero-order chi connectivity index (χ0) is 13.9. The number of carbonyl (C=O) groups is 1. The van der Waals surface area contributed by atoms with E-state index in [0.29, 0.717) is 10.6 Å². The summed E-state index contributed by atoms with van der Waals surface area (Å²) >= 11 is 5.77. The third-order valence-corrected chi connectivity index (χ3v) is 2.34. The highest BCUT2D eigenvalue weighted by molar-refractivity contribution is 6.30. The first-order chi connectivity index (χ1) is 8.20. The Kier molecular flexibility index (Phi) is 4.52. The molecule has 0 aromatic heterocycles. The molecule has 1 aromatic carbocycles. The molecule has 1 atom stereocenters. The predicted octanol–water partition coefficient (Wildman–Crippen LogP) is 4.25. The van der Waals surface area contributed by atoms with E-state index in [9.17, 15) is 9.18 Å². The van der Waals surface area contributed by atoms with E-state index in [1.807, 2.05) is 0 Å². The van der Waals surface area contributed by atoms with Crippen molar-refractivity contribution in [1.82, 2.24) is 0 Å². The van der Waals surface area contributed by atoms with Crippen LogP contribution in [0.4, 0.5) is 4.39 Å². The second kappa shape index (κ2) is 5.53. The van der Waals surface area contributed by atoms with E-state index < -0.39 is 17.7 Å². The first-order valence-corrected chi connectivity index (χ1v) is 5.90. The lowest BCUT2D eigenvalue weighted by molar-refractivity contribution is -0.150. The highest BCUT2D eigenvalue weighted by Crippen LogP contribution is 2.28. The van der Waals surface area contributed by atoms with Crippen LogP contribution in [-0.2, 0) is 9.53 Å². The third-order valence-electron chi connectivity index (χ3n) is 2.11. The van der Waals surface area contributed by atoms with Gasteiger partial charge in [-0.15, -0.1) is 0 Å². The molecule has 4 heteroatoms. The summed E-state index contributed by atoms with van der Waals surface area (Å²) in [6.45, 7) is 8.59. The van der Waals surface area contributed by atoms with Crippen LogP contribution in [0.15, 0.2) is 36.4 Å². The summed E-state index contributed by atoms with van der Waals surface area (Å²) in [4.78, 5) is 11.7. The van der Waals surface area contributed by atoms with Gasteiger partial charge in [0.15, 0.2) is 6.17 Å². The van der Waals surface area contributed by atoms with Crippen molar-refractivity contribution in [2.45, 2.75) is 32.5 Å². The van der Waals surface area contributed by atoms with Gasteiger partial charge < -0.3 is 4.74 Å². The molecule has 0 aliphatic rings. The van der Waals surface area contributed by atoms with Gasteiger partial charge >= 0.3 is 5.97 Å². The number of benzene rings is 1. The standard InChI is InChI=1S/C14H16ClFO2/c1-9(13(17)18-14(2,3)4)12(16)10-6-5-7-11(15)8-10/h5-8,12H,1H2,2-4H3. The molecule has 0 bridgehead atoms. The van der Waals surface area contributed by atoms with Crippen LogP contribution in [0, 0.1) is 0 Å². The van der Waals surface area contributed by atoms with Crippen LogP contribution in [0.1, 0.15) is 32.5 Å². The highest BCUT2D eigenvalue weighted by Gasteiger charge is 2.25. The first-order valence-electron chi connectivity index (χ1n) is 5.52. The Bertz CT molecular complexity index is 463. The van der Waals surface area contributed by atoms with Crippen LogP contribution < -0.4 is 0 Å². The normalized spacial score (nSPS) is 12.9. The summed E-state index contributed by atoms with van der Waals surface area (Å²) in [5.74, 6) is -0.741. The summed E-state index contributed by atoms with van der Waals surface area (Å²) in [6, 6.07) is 6.26. The lowest BCUT2D eigenvalue weighted by Gasteiger charge is -2.21. The molecule has 0 N–H and O–H groups in total. The number of carbonyl (C=O) groups excluding carboxylic acids is 1. The van der Waals surface area contributed by atoms with Crippen LogP contribution in [0.5, 0.6) is 0 Å². The number of hydrogen-bond donors (Lipinski definition) is 0. The van der Waals surface area contributed by atoms with Gasteiger partial charge in [0.05, 0.1) is 5.57 Å². The molecule has 0 fully saturated rings. The molecule has 1 rings (SSSR count). The molecular weight excluding hydrogens is 255 g/mol. The lowest BCUT2D eigenvalue weighted by Crippen LogP contribution is -2.25. The molecule has 0 aliphatic carbocycles. The lowest BCUT2D eigenvalue weighted by atomic mass is 10.0. The van der Waals surface area contributed by atoms with Gasteiger partial charge in [-0.25, -0.2) is 9.18 Å². The minimum atomic E-state index is -1.61. The van der Waals surface area contributed by atoms with Crippen LogP contribution >= 0.6 is 11.6 Å². The SMILES string of the molecule is C=C(C(=O)OC(C)(C)C)C(F)c1cccc(Cl)c1. The van der Waals surface area contributed by atoms with Crippen LogP contribution in [0.3, 0.4) is 0 Å². The highest BCUT2D eigenvalue weighted by atomic mass is 35.5. The van der Waals surface area contributed by atoms with Crippen molar-refractivity contribution in [1.29, 1.82) is 0 Å². The second-order valence-corrected chi connectivity index (χ2v) is 5.38. The fourth-order valence-corrected chi connectivity index (χ4v) is 1.51. The Morgan fingerprint density at radius 3 is 2.56 bits per heavy atom.